The van der Waals surface area contributed by atoms with E-state index < -0.39 is 0 Å². The van der Waals surface area contributed by atoms with E-state index in [1.165, 1.54) is 4.90 Å². The zero-order chi connectivity index (χ0) is 29.2. The SMILES string of the molecule is C[C@@H]1COCCN1c1nc(-c2ccc(NC(=O)Nc3ccc(C(=O)N(C)C)cc3)cc2)nc(N2C3CCC2COC3)n1. The molecule has 2 unspecified atom stereocenters. The quantitative estimate of drug-likeness (QED) is 0.457. The minimum Gasteiger partial charge on any atom is -0.377 e. The molecule has 4 heterocycles. The van der Waals surface area contributed by atoms with E-state index in [9.17, 15) is 9.59 Å². The standard InChI is InChI=1S/C30H36N8O4/c1-19-16-41-15-14-37(19)28-33-26(34-29(35-28)38-24-12-13-25(38)18-42-17-24)20-4-8-22(9-5-20)31-30(40)32-23-10-6-21(7-11-23)27(39)36(2)3/h4-11,19,24-25H,12-18H2,1-3H3,(H2,31,32,40)/t19-,24?,25?/m1/s1. The third-order valence-electron chi connectivity index (χ3n) is 7.90. The molecule has 1 aromatic heterocycles. The average molecular weight is 573 g/mol. The van der Waals surface area contributed by atoms with Crippen LogP contribution in [0.2, 0.25) is 0 Å². The molecule has 220 valence electrons. The maximum Gasteiger partial charge on any atom is 0.323 e. The van der Waals surface area contributed by atoms with Gasteiger partial charge in [-0.15, -0.1) is 0 Å². The van der Waals surface area contributed by atoms with E-state index in [0.29, 0.717) is 67.6 Å². The lowest BCUT2D eigenvalue weighted by Crippen LogP contribution is -2.48. The number of ether oxygens (including phenoxy) is 2. The van der Waals surface area contributed by atoms with Crippen LogP contribution in [0.3, 0.4) is 0 Å². The zero-order valence-corrected chi connectivity index (χ0v) is 24.1. The van der Waals surface area contributed by atoms with E-state index in [1.807, 2.05) is 24.3 Å². The highest BCUT2D eigenvalue weighted by molar-refractivity contribution is 6.00. The molecule has 0 aliphatic carbocycles. The van der Waals surface area contributed by atoms with Crippen molar-refractivity contribution in [3.8, 4) is 11.4 Å². The van der Waals surface area contributed by atoms with Gasteiger partial charge in [-0.05, 0) is 68.3 Å². The Morgan fingerprint density at radius 3 is 2.07 bits per heavy atom. The third-order valence-corrected chi connectivity index (χ3v) is 7.90. The molecular formula is C30H36N8O4. The molecule has 6 rings (SSSR count). The van der Waals surface area contributed by atoms with Crippen molar-refractivity contribution in [1.29, 1.82) is 0 Å². The van der Waals surface area contributed by atoms with E-state index in [2.05, 4.69) is 27.4 Å². The molecule has 0 spiro atoms. The summed E-state index contributed by atoms with van der Waals surface area (Å²) in [6, 6.07) is 14.5. The first-order valence-electron chi connectivity index (χ1n) is 14.3. The minimum atomic E-state index is -0.386. The van der Waals surface area contributed by atoms with Crippen LogP contribution < -0.4 is 20.4 Å². The Bertz CT molecular complexity index is 1420. The summed E-state index contributed by atoms with van der Waals surface area (Å²) in [6.45, 7) is 5.45. The van der Waals surface area contributed by atoms with E-state index in [-0.39, 0.29) is 30.1 Å². The van der Waals surface area contributed by atoms with Gasteiger partial charge in [0.25, 0.3) is 5.91 Å². The van der Waals surface area contributed by atoms with Crippen molar-refractivity contribution in [3.05, 3.63) is 54.1 Å². The van der Waals surface area contributed by atoms with E-state index in [1.54, 1.807) is 38.4 Å². The van der Waals surface area contributed by atoms with E-state index in [0.717, 1.165) is 18.4 Å². The van der Waals surface area contributed by atoms with Crippen LogP contribution in [0.15, 0.2) is 48.5 Å². The van der Waals surface area contributed by atoms with Gasteiger partial charge in [0.2, 0.25) is 11.9 Å². The highest BCUT2D eigenvalue weighted by atomic mass is 16.5. The number of nitrogens with zero attached hydrogens (tertiary/aromatic N) is 6. The Kier molecular flexibility index (Phi) is 7.90. The Morgan fingerprint density at radius 1 is 0.833 bits per heavy atom. The lowest BCUT2D eigenvalue weighted by Gasteiger charge is -2.36. The molecule has 2 bridgehead atoms. The second kappa shape index (κ2) is 11.9. The van der Waals surface area contributed by atoms with Gasteiger partial charge in [0, 0.05) is 43.1 Å². The molecule has 12 heteroatoms. The van der Waals surface area contributed by atoms with Gasteiger partial charge in [0.1, 0.15) is 0 Å². The smallest absolute Gasteiger partial charge is 0.323 e. The molecule has 3 saturated heterocycles. The lowest BCUT2D eigenvalue weighted by molar-refractivity contribution is 0.0827. The molecule has 3 amide bonds. The van der Waals surface area contributed by atoms with Gasteiger partial charge in [-0.3, -0.25) is 4.79 Å². The Labute approximate surface area is 245 Å². The van der Waals surface area contributed by atoms with E-state index in [4.69, 9.17) is 24.4 Å². The van der Waals surface area contributed by atoms with Crippen LogP contribution in [0.4, 0.5) is 28.1 Å². The van der Waals surface area contributed by atoms with Crippen molar-refractivity contribution >= 4 is 35.2 Å². The van der Waals surface area contributed by atoms with Crippen molar-refractivity contribution in [3.63, 3.8) is 0 Å². The van der Waals surface area contributed by atoms with Crippen LogP contribution in [-0.2, 0) is 9.47 Å². The van der Waals surface area contributed by atoms with Crippen molar-refractivity contribution in [2.75, 3.05) is 67.5 Å². The van der Waals surface area contributed by atoms with Gasteiger partial charge in [-0.25, -0.2) is 4.79 Å². The third kappa shape index (κ3) is 5.86. The number of hydrogen-bond donors (Lipinski definition) is 2. The first-order chi connectivity index (χ1) is 20.4. The van der Waals surface area contributed by atoms with Crippen molar-refractivity contribution in [1.82, 2.24) is 19.9 Å². The van der Waals surface area contributed by atoms with Gasteiger partial charge in [0.05, 0.1) is 44.6 Å². The molecule has 3 aliphatic rings. The Balaban J connectivity index is 1.19. The topological polar surface area (TPSA) is 125 Å². The molecular weight excluding hydrogens is 536 g/mol. The normalized spacial score (nSPS) is 21.6. The van der Waals surface area contributed by atoms with Crippen LogP contribution >= 0.6 is 0 Å². The van der Waals surface area contributed by atoms with Gasteiger partial charge in [0.15, 0.2) is 5.82 Å². The minimum absolute atomic E-state index is 0.0970. The number of hydrogen-bond acceptors (Lipinski definition) is 9. The molecule has 0 saturated carbocycles. The molecule has 0 radical (unpaired) electrons. The Morgan fingerprint density at radius 2 is 1.45 bits per heavy atom. The summed E-state index contributed by atoms with van der Waals surface area (Å²) in [5.41, 5.74) is 2.58. The van der Waals surface area contributed by atoms with Gasteiger partial charge in [-0.1, -0.05) is 0 Å². The number of fused-ring (bicyclic) bond motifs is 2. The lowest BCUT2D eigenvalue weighted by atomic mass is 10.2. The summed E-state index contributed by atoms with van der Waals surface area (Å²) in [6.07, 6.45) is 2.13. The number of carbonyl (C=O) groups excluding carboxylic acids is 2. The fourth-order valence-corrected chi connectivity index (χ4v) is 5.66. The summed E-state index contributed by atoms with van der Waals surface area (Å²) in [7, 11) is 3.40. The first-order valence-corrected chi connectivity index (χ1v) is 14.3. The molecule has 3 aromatic rings. The number of amides is 3. The Hall–Kier alpha value is -4.29. The van der Waals surface area contributed by atoms with Gasteiger partial charge >= 0.3 is 6.03 Å². The molecule has 3 aliphatic heterocycles. The predicted octanol–water partition coefficient (Wildman–Crippen LogP) is 3.48. The fraction of sp³-hybridized carbons (Fsp3) is 0.433. The fourth-order valence-electron chi connectivity index (χ4n) is 5.66. The number of anilines is 4. The number of aromatic nitrogens is 3. The second-order valence-corrected chi connectivity index (χ2v) is 11.1. The van der Waals surface area contributed by atoms with Gasteiger partial charge in [-0.2, -0.15) is 15.0 Å². The number of urea groups is 1. The monoisotopic (exact) mass is 572 g/mol. The molecule has 42 heavy (non-hydrogen) atoms. The van der Waals surface area contributed by atoms with Crippen LogP contribution in [0, 0.1) is 0 Å². The van der Waals surface area contributed by atoms with Crippen LogP contribution in [0.25, 0.3) is 11.4 Å². The number of rotatable bonds is 6. The summed E-state index contributed by atoms with van der Waals surface area (Å²) < 4.78 is 11.4. The zero-order valence-electron chi connectivity index (χ0n) is 24.1. The van der Waals surface area contributed by atoms with Gasteiger partial charge < -0.3 is 34.8 Å². The predicted molar refractivity (Wildman–Crippen MR) is 160 cm³/mol. The molecule has 3 atom stereocenters. The van der Waals surface area contributed by atoms with Crippen molar-refractivity contribution in [2.45, 2.75) is 37.9 Å². The highest BCUT2D eigenvalue weighted by Crippen LogP contribution is 2.34. The number of carbonyl (C=O) groups is 2. The second-order valence-electron chi connectivity index (χ2n) is 11.1. The molecule has 2 aromatic carbocycles. The summed E-state index contributed by atoms with van der Waals surface area (Å²) in [5, 5.41) is 5.65. The molecule has 3 fully saturated rings. The molecule has 2 N–H and O–H groups in total. The first kappa shape index (κ1) is 27.9. The average Bonchev–Trinajstić information content (AvgIpc) is 3.25. The number of morpholine rings is 2. The highest BCUT2D eigenvalue weighted by Gasteiger charge is 2.39. The van der Waals surface area contributed by atoms with Crippen molar-refractivity contribution in [2.24, 2.45) is 0 Å². The van der Waals surface area contributed by atoms with Crippen LogP contribution in [-0.4, -0.2) is 97.0 Å². The maximum absolute atomic E-state index is 12.6. The summed E-state index contributed by atoms with van der Waals surface area (Å²) in [4.78, 5) is 45.5. The summed E-state index contributed by atoms with van der Waals surface area (Å²) >= 11 is 0. The van der Waals surface area contributed by atoms with Crippen LogP contribution in [0.5, 0.6) is 0 Å². The maximum atomic E-state index is 12.6. The van der Waals surface area contributed by atoms with E-state index >= 15 is 0 Å². The number of benzene rings is 2. The number of nitrogens with one attached hydrogen (secondary N) is 2. The molecule has 12 nitrogen and oxygen atoms in total. The van der Waals surface area contributed by atoms with Crippen LogP contribution in [0.1, 0.15) is 30.1 Å². The largest absolute Gasteiger partial charge is 0.377 e. The van der Waals surface area contributed by atoms with Crippen molar-refractivity contribution < 1.29 is 19.1 Å². The summed E-state index contributed by atoms with van der Waals surface area (Å²) in [5.74, 6) is 1.82.